The Kier molecular flexibility index (Phi) is 11.0. The van der Waals surface area contributed by atoms with Crippen LogP contribution in [-0.4, -0.2) is 18.0 Å². The van der Waals surface area contributed by atoms with Crippen molar-refractivity contribution in [1.29, 1.82) is 0 Å². The van der Waals surface area contributed by atoms with E-state index in [-0.39, 0.29) is 20.1 Å². The molecule has 7 aromatic rings. The van der Waals surface area contributed by atoms with Crippen molar-refractivity contribution in [3.63, 3.8) is 0 Å². The maximum atomic E-state index is 4.72. The maximum absolute atomic E-state index is 4.72. The Morgan fingerprint density at radius 2 is 1.53 bits per heavy atom. The summed E-state index contributed by atoms with van der Waals surface area (Å²) in [5.74, 6) is 0.664. The number of aromatic nitrogens is 2. The van der Waals surface area contributed by atoms with Crippen LogP contribution in [0.25, 0.3) is 53.8 Å². The van der Waals surface area contributed by atoms with Gasteiger partial charge in [0, 0.05) is 37.2 Å². The zero-order valence-corrected chi connectivity index (χ0v) is 32.1. The minimum Gasteiger partial charge on any atom is -0.305 e. The van der Waals surface area contributed by atoms with Crippen molar-refractivity contribution in [3.05, 3.63) is 139 Å². The second-order valence-electron chi connectivity index (χ2n) is 13.3. The fourth-order valence-corrected chi connectivity index (χ4v) is 8.83. The molecule has 3 heterocycles. The first-order chi connectivity index (χ1) is 22.2. The van der Waals surface area contributed by atoms with Crippen molar-refractivity contribution in [1.82, 2.24) is 9.97 Å². The van der Waals surface area contributed by atoms with Gasteiger partial charge in [0.2, 0.25) is 0 Å². The van der Waals surface area contributed by atoms with Gasteiger partial charge in [-0.25, -0.2) is 0 Å². The van der Waals surface area contributed by atoms with Crippen LogP contribution >= 0.6 is 11.3 Å². The molecule has 4 aromatic carbocycles. The summed E-state index contributed by atoms with van der Waals surface area (Å²) in [7, 11) is -1.35. The summed E-state index contributed by atoms with van der Waals surface area (Å²) in [6.45, 7) is 13.8. The van der Waals surface area contributed by atoms with Gasteiger partial charge in [-0.1, -0.05) is 118 Å². The molecule has 0 saturated heterocycles. The monoisotopic (exact) mass is 825 g/mol. The third-order valence-electron chi connectivity index (χ3n) is 8.13. The third kappa shape index (κ3) is 7.88. The van der Waals surface area contributed by atoms with Gasteiger partial charge in [0.25, 0.3) is 0 Å². The standard InChI is InChI=1S/C23H14NS.C19H26NSi.Ir/c1-2-8-16(9-3-1)17-10-6-11-18-19-12-7-13-20(23(19)25-22(17)18)21-14-4-5-15-24-21;1-14(2)11-17-12-18(16-9-7-15(3)8-10-16)20-13-19(17)21(4,5)6;/h1-12,14-15H;7-9,12-14H,11H2,1-6H3;/q2*-1;. The molecule has 47 heavy (non-hydrogen) atoms. The van der Waals surface area contributed by atoms with E-state index in [9.17, 15) is 0 Å². The first kappa shape index (κ1) is 34.6. The average molecular weight is 825 g/mol. The van der Waals surface area contributed by atoms with E-state index >= 15 is 0 Å². The van der Waals surface area contributed by atoms with E-state index in [0.29, 0.717) is 5.92 Å². The molecule has 0 bridgehead atoms. The Balaban J connectivity index is 0.000000184. The smallest absolute Gasteiger partial charge is 0.0798 e. The zero-order chi connectivity index (χ0) is 32.3. The van der Waals surface area contributed by atoms with E-state index in [4.69, 9.17) is 4.98 Å². The maximum Gasteiger partial charge on any atom is 0.0798 e. The van der Waals surface area contributed by atoms with Gasteiger partial charge in [-0.3, -0.25) is 0 Å². The average Bonchev–Trinajstić information content (AvgIpc) is 3.45. The quantitative estimate of drug-likeness (QED) is 0.123. The van der Waals surface area contributed by atoms with Gasteiger partial charge >= 0.3 is 0 Å². The summed E-state index contributed by atoms with van der Waals surface area (Å²) in [5, 5.41) is 4.07. The number of nitrogens with zero attached hydrogens (tertiary/aromatic N) is 2. The van der Waals surface area contributed by atoms with E-state index in [1.54, 1.807) is 0 Å². The van der Waals surface area contributed by atoms with Gasteiger partial charge < -0.3 is 9.97 Å². The molecule has 0 aliphatic rings. The molecule has 5 heteroatoms. The fraction of sp³-hybridized carbons (Fsp3) is 0.190. The van der Waals surface area contributed by atoms with E-state index in [0.717, 1.165) is 28.9 Å². The SMILES string of the molecule is Cc1c[c-]c(-c2cc(CC(C)C)c([Si](C)(C)C)cn2)cc1.[Ir].[c-]1ccc2c(sc3c(-c4ccccc4)cccc32)c1-c1ccccn1. The Bertz CT molecular complexity index is 1990. The summed E-state index contributed by atoms with van der Waals surface area (Å²) >= 11 is 1.83. The van der Waals surface area contributed by atoms with Gasteiger partial charge in [0.05, 0.1) is 8.07 Å². The second-order valence-corrected chi connectivity index (χ2v) is 19.4. The van der Waals surface area contributed by atoms with Gasteiger partial charge in [-0.2, -0.15) is 11.3 Å². The molecule has 0 N–H and O–H groups in total. The predicted molar refractivity (Wildman–Crippen MR) is 202 cm³/mol. The van der Waals surface area contributed by atoms with E-state index in [1.807, 2.05) is 47.9 Å². The molecule has 0 atom stereocenters. The first-order valence-corrected chi connectivity index (χ1v) is 20.3. The molecule has 7 rings (SSSR count). The molecule has 2 nitrogen and oxygen atoms in total. The van der Waals surface area contributed by atoms with Crippen LogP contribution in [0.1, 0.15) is 25.0 Å². The number of hydrogen-bond acceptors (Lipinski definition) is 3. The summed E-state index contributed by atoms with van der Waals surface area (Å²) in [6, 6.07) is 42.6. The number of benzene rings is 4. The zero-order valence-electron chi connectivity index (χ0n) is 27.9. The third-order valence-corrected chi connectivity index (χ3v) is 11.5. The Morgan fingerprint density at radius 1 is 0.766 bits per heavy atom. The van der Waals surface area contributed by atoms with Gasteiger partial charge in [-0.05, 0) is 56.2 Å². The minimum absolute atomic E-state index is 0. The molecule has 0 aliphatic heterocycles. The van der Waals surface area contributed by atoms with Crippen LogP contribution in [0.3, 0.4) is 0 Å². The van der Waals surface area contributed by atoms with Crippen molar-refractivity contribution in [3.8, 4) is 33.6 Å². The number of thiophene rings is 1. The van der Waals surface area contributed by atoms with Crippen LogP contribution in [0.15, 0.2) is 116 Å². The van der Waals surface area contributed by atoms with Crippen molar-refractivity contribution < 1.29 is 20.1 Å². The molecule has 0 unspecified atom stereocenters. The van der Waals surface area contributed by atoms with Crippen molar-refractivity contribution >= 4 is 44.8 Å². The largest absolute Gasteiger partial charge is 0.305 e. The summed E-state index contributed by atoms with van der Waals surface area (Å²) in [4.78, 5) is 9.24. The molecule has 0 saturated carbocycles. The predicted octanol–water partition coefficient (Wildman–Crippen LogP) is 11.2. The second kappa shape index (κ2) is 15.0. The van der Waals surface area contributed by atoms with Crippen molar-refractivity contribution in [2.75, 3.05) is 0 Å². The molecule has 0 spiro atoms. The fourth-order valence-electron chi connectivity index (χ4n) is 5.90. The Hall–Kier alpha value is -3.73. The van der Waals surface area contributed by atoms with Gasteiger partial charge in [0.1, 0.15) is 0 Å². The molecule has 239 valence electrons. The summed E-state index contributed by atoms with van der Waals surface area (Å²) < 4.78 is 2.57. The molecule has 3 aromatic heterocycles. The summed E-state index contributed by atoms with van der Waals surface area (Å²) in [6.07, 6.45) is 5.08. The van der Waals surface area contributed by atoms with Crippen molar-refractivity contribution in [2.24, 2.45) is 5.92 Å². The first-order valence-electron chi connectivity index (χ1n) is 16.0. The van der Waals surface area contributed by atoms with E-state index in [1.165, 1.54) is 47.6 Å². The Morgan fingerprint density at radius 3 is 2.21 bits per heavy atom. The van der Waals surface area contributed by atoms with Crippen LogP contribution < -0.4 is 5.19 Å². The number of aryl methyl sites for hydroxylation is 1. The van der Waals surface area contributed by atoms with E-state index in [2.05, 4.69) is 137 Å². The molecular weight excluding hydrogens is 785 g/mol. The van der Waals surface area contributed by atoms with Gasteiger partial charge in [0.15, 0.2) is 0 Å². The molecule has 0 aliphatic carbocycles. The van der Waals surface area contributed by atoms with Crippen LogP contribution in [0.2, 0.25) is 19.6 Å². The van der Waals surface area contributed by atoms with Crippen LogP contribution in [0, 0.1) is 25.0 Å². The topological polar surface area (TPSA) is 25.8 Å². The van der Waals surface area contributed by atoms with Gasteiger partial charge in [-0.15, -0.1) is 59.2 Å². The van der Waals surface area contributed by atoms with Crippen LogP contribution in [0.5, 0.6) is 0 Å². The number of hydrogen-bond donors (Lipinski definition) is 0. The minimum atomic E-state index is -1.35. The number of fused-ring (bicyclic) bond motifs is 3. The van der Waals surface area contributed by atoms with E-state index < -0.39 is 8.07 Å². The van der Waals surface area contributed by atoms with Crippen LogP contribution in [-0.2, 0) is 26.5 Å². The molecule has 0 amide bonds. The molecule has 1 radical (unpaired) electrons. The van der Waals surface area contributed by atoms with Crippen molar-refractivity contribution in [2.45, 2.75) is 46.8 Å². The number of pyridine rings is 2. The van der Waals surface area contributed by atoms with Crippen LogP contribution in [0.4, 0.5) is 0 Å². The molecule has 0 fully saturated rings. The summed E-state index contributed by atoms with van der Waals surface area (Å²) in [5.41, 5.74) is 9.44. The number of rotatable bonds is 6. The normalized spacial score (nSPS) is 11.3. The molecular formula is C42H40IrN2SSi-2. The Labute approximate surface area is 298 Å².